The Labute approximate surface area is 100 Å². The molecule has 0 saturated carbocycles. The van der Waals surface area contributed by atoms with Gasteiger partial charge in [-0.25, -0.2) is 9.97 Å². The number of nitrogens with zero attached hydrogens (tertiary/aromatic N) is 3. The molecular weight excluding hydrogens is 220 g/mol. The first-order valence-corrected chi connectivity index (χ1v) is 5.58. The summed E-state index contributed by atoms with van der Waals surface area (Å²) in [7, 11) is 1.61. The molecule has 17 heavy (non-hydrogen) atoms. The molecule has 1 aromatic heterocycles. The molecule has 1 atom stereocenters. The highest BCUT2D eigenvalue weighted by Gasteiger charge is 2.26. The van der Waals surface area contributed by atoms with E-state index in [0.717, 1.165) is 18.2 Å². The van der Waals surface area contributed by atoms with E-state index in [1.54, 1.807) is 13.2 Å². The van der Waals surface area contributed by atoms with Crippen LogP contribution in [0.1, 0.15) is 5.82 Å². The van der Waals surface area contributed by atoms with Crippen LogP contribution in [0.25, 0.3) is 0 Å². The van der Waals surface area contributed by atoms with Gasteiger partial charge in [0.25, 0.3) is 5.91 Å². The Morgan fingerprint density at radius 1 is 1.65 bits per heavy atom. The Hall–Kier alpha value is -1.69. The van der Waals surface area contributed by atoms with E-state index < -0.39 is 6.10 Å². The van der Waals surface area contributed by atoms with Crippen molar-refractivity contribution in [2.24, 2.45) is 0 Å². The van der Waals surface area contributed by atoms with Crippen molar-refractivity contribution < 1.29 is 9.53 Å². The molecule has 0 aromatic carbocycles. The lowest BCUT2D eigenvalue weighted by Gasteiger charge is -2.32. The van der Waals surface area contributed by atoms with Crippen molar-refractivity contribution in [1.82, 2.24) is 15.3 Å². The number of amides is 1. The molecule has 92 valence electrons. The van der Waals surface area contributed by atoms with Crippen LogP contribution in [-0.2, 0) is 9.53 Å². The van der Waals surface area contributed by atoms with Crippen molar-refractivity contribution in [3.05, 3.63) is 18.1 Å². The van der Waals surface area contributed by atoms with Gasteiger partial charge in [0.1, 0.15) is 11.6 Å². The second-order valence-electron chi connectivity index (χ2n) is 3.88. The first kappa shape index (κ1) is 11.8. The highest BCUT2D eigenvalue weighted by atomic mass is 16.5. The van der Waals surface area contributed by atoms with Crippen molar-refractivity contribution in [2.75, 3.05) is 31.6 Å². The summed E-state index contributed by atoms with van der Waals surface area (Å²) in [5.41, 5.74) is 0. The molecule has 2 heterocycles. The second-order valence-corrected chi connectivity index (χ2v) is 3.88. The molecule has 0 bridgehead atoms. The molecule has 6 heteroatoms. The number of hydrogen-bond acceptors (Lipinski definition) is 5. The number of anilines is 1. The van der Waals surface area contributed by atoms with Gasteiger partial charge in [0.15, 0.2) is 6.10 Å². The number of morpholine rings is 1. The fraction of sp³-hybridized carbons (Fsp3) is 0.545. The highest BCUT2D eigenvalue weighted by Crippen LogP contribution is 2.14. The van der Waals surface area contributed by atoms with Crippen LogP contribution < -0.4 is 10.2 Å². The molecule has 0 radical (unpaired) electrons. The Morgan fingerprint density at radius 3 is 3.18 bits per heavy atom. The van der Waals surface area contributed by atoms with Crippen LogP contribution in [0.5, 0.6) is 0 Å². The van der Waals surface area contributed by atoms with Crippen molar-refractivity contribution in [3.8, 4) is 0 Å². The van der Waals surface area contributed by atoms with Crippen molar-refractivity contribution in [2.45, 2.75) is 13.0 Å². The van der Waals surface area contributed by atoms with E-state index in [2.05, 4.69) is 15.3 Å². The molecule has 1 amide bonds. The number of likely N-dealkylation sites (N-methyl/N-ethyl adjacent to an activating group) is 1. The second kappa shape index (κ2) is 5.09. The number of hydrogen-bond donors (Lipinski definition) is 1. The molecule has 1 aliphatic rings. The fourth-order valence-electron chi connectivity index (χ4n) is 1.80. The van der Waals surface area contributed by atoms with Gasteiger partial charge in [0.05, 0.1) is 13.2 Å². The summed E-state index contributed by atoms with van der Waals surface area (Å²) >= 11 is 0. The fourth-order valence-corrected chi connectivity index (χ4v) is 1.80. The number of aryl methyl sites for hydroxylation is 1. The van der Waals surface area contributed by atoms with E-state index >= 15 is 0 Å². The van der Waals surface area contributed by atoms with Gasteiger partial charge in [-0.3, -0.25) is 4.79 Å². The van der Waals surface area contributed by atoms with Gasteiger partial charge < -0.3 is 15.0 Å². The average molecular weight is 236 g/mol. The Morgan fingerprint density at radius 2 is 2.47 bits per heavy atom. The molecule has 0 aliphatic carbocycles. The van der Waals surface area contributed by atoms with Crippen molar-refractivity contribution in [3.63, 3.8) is 0 Å². The van der Waals surface area contributed by atoms with Gasteiger partial charge >= 0.3 is 0 Å². The lowest BCUT2D eigenvalue weighted by atomic mass is 10.2. The van der Waals surface area contributed by atoms with Gasteiger partial charge in [0.2, 0.25) is 0 Å². The largest absolute Gasteiger partial charge is 0.365 e. The molecule has 0 unspecified atom stereocenters. The molecule has 2 rings (SSSR count). The van der Waals surface area contributed by atoms with Crippen LogP contribution >= 0.6 is 0 Å². The summed E-state index contributed by atoms with van der Waals surface area (Å²) in [6, 6.07) is 1.85. The summed E-state index contributed by atoms with van der Waals surface area (Å²) in [5.74, 6) is 1.47. The van der Waals surface area contributed by atoms with E-state index in [4.69, 9.17) is 4.74 Å². The molecule has 0 spiro atoms. The number of ether oxygens (including phenoxy) is 1. The zero-order chi connectivity index (χ0) is 12.3. The van der Waals surface area contributed by atoms with Gasteiger partial charge in [-0.05, 0) is 13.0 Å². The predicted octanol–water partition coefficient (Wildman–Crippen LogP) is -0.264. The van der Waals surface area contributed by atoms with Crippen LogP contribution in [0, 0.1) is 6.92 Å². The van der Waals surface area contributed by atoms with E-state index in [9.17, 15) is 4.79 Å². The van der Waals surface area contributed by atoms with Crippen molar-refractivity contribution >= 4 is 11.7 Å². The summed E-state index contributed by atoms with van der Waals surface area (Å²) in [5, 5.41) is 2.59. The maximum atomic E-state index is 11.5. The minimum atomic E-state index is -0.427. The third-order valence-corrected chi connectivity index (χ3v) is 2.69. The first-order chi connectivity index (χ1) is 8.20. The average Bonchev–Trinajstić information content (AvgIpc) is 2.38. The van der Waals surface area contributed by atoms with Gasteiger partial charge in [-0.15, -0.1) is 0 Å². The van der Waals surface area contributed by atoms with Crippen LogP contribution in [-0.4, -0.2) is 48.7 Å². The normalized spacial score (nSPS) is 20.1. The number of carbonyl (C=O) groups is 1. The number of rotatable bonds is 2. The molecule has 1 aromatic rings. The molecule has 6 nitrogen and oxygen atoms in total. The van der Waals surface area contributed by atoms with Gasteiger partial charge in [-0.2, -0.15) is 0 Å². The minimum absolute atomic E-state index is 0.0968. The Balaban J connectivity index is 2.09. The predicted molar refractivity (Wildman–Crippen MR) is 62.8 cm³/mol. The summed E-state index contributed by atoms with van der Waals surface area (Å²) in [4.78, 5) is 22.0. The summed E-state index contributed by atoms with van der Waals surface area (Å²) < 4.78 is 5.42. The molecule has 1 N–H and O–H groups in total. The van der Waals surface area contributed by atoms with Crippen LogP contribution in [0.15, 0.2) is 12.3 Å². The third-order valence-electron chi connectivity index (χ3n) is 2.69. The topological polar surface area (TPSA) is 67.4 Å². The lowest BCUT2D eigenvalue weighted by molar-refractivity contribution is -0.132. The van der Waals surface area contributed by atoms with Crippen LogP contribution in [0.4, 0.5) is 5.82 Å². The zero-order valence-electron chi connectivity index (χ0n) is 10.0. The molecular formula is C11H16N4O2. The summed E-state index contributed by atoms with van der Waals surface area (Å²) in [6.45, 7) is 3.64. The monoisotopic (exact) mass is 236 g/mol. The Kier molecular flexibility index (Phi) is 3.53. The maximum absolute atomic E-state index is 11.5. The molecule has 1 aliphatic heterocycles. The molecule has 1 fully saturated rings. The Bertz CT molecular complexity index is 410. The quantitative estimate of drug-likeness (QED) is 0.766. The van der Waals surface area contributed by atoms with Crippen LogP contribution in [0.2, 0.25) is 0 Å². The summed E-state index contributed by atoms with van der Waals surface area (Å²) in [6.07, 6.45) is 1.30. The molecule has 1 saturated heterocycles. The van der Waals surface area contributed by atoms with E-state index in [0.29, 0.717) is 13.2 Å². The van der Waals surface area contributed by atoms with Crippen molar-refractivity contribution in [1.29, 1.82) is 0 Å². The zero-order valence-corrected chi connectivity index (χ0v) is 10.0. The van der Waals surface area contributed by atoms with E-state index in [-0.39, 0.29) is 5.91 Å². The third kappa shape index (κ3) is 2.71. The minimum Gasteiger partial charge on any atom is -0.365 e. The van der Waals surface area contributed by atoms with Gasteiger partial charge in [0, 0.05) is 19.8 Å². The first-order valence-electron chi connectivity index (χ1n) is 5.58. The number of carbonyl (C=O) groups excluding carboxylic acids is 1. The standard InChI is InChI=1S/C11H16N4O2/c1-8-13-4-3-10(14-8)15-5-6-17-9(7-15)11(16)12-2/h3-4,9H,5-7H2,1-2H3,(H,12,16)/t9-/m1/s1. The smallest absolute Gasteiger partial charge is 0.250 e. The maximum Gasteiger partial charge on any atom is 0.250 e. The number of aromatic nitrogens is 2. The lowest BCUT2D eigenvalue weighted by Crippen LogP contribution is -2.49. The van der Waals surface area contributed by atoms with Crippen LogP contribution in [0.3, 0.4) is 0 Å². The van der Waals surface area contributed by atoms with Gasteiger partial charge in [-0.1, -0.05) is 0 Å². The SMILES string of the molecule is CNC(=O)[C@H]1CN(c2ccnc(C)n2)CCO1. The number of nitrogens with one attached hydrogen (secondary N) is 1. The van der Waals surface area contributed by atoms with E-state index in [1.807, 2.05) is 17.9 Å². The van der Waals surface area contributed by atoms with E-state index in [1.165, 1.54) is 0 Å². The highest BCUT2D eigenvalue weighted by molar-refractivity contribution is 5.81.